The van der Waals surface area contributed by atoms with Crippen molar-refractivity contribution < 1.29 is 9.53 Å². The Balaban J connectivity index is 1.77. The number of hydrogen-bond donors (Lipinski definition) is 1. The average molecular weight is 349 g/mol. The zero-order chi connectivity index (χ0) is 18.1. The van der Waals surface area contributed by atoms with E-state index in [2.05, 4.69) is 28.4 Å². The zero-order valence-electron chi connectivity index (χ0n) is 15.2. The second kappa shape index (κ2) is 6.75. The van der Waals surface area contributed by atoms with E-state index in [9.17, 15) is 4.79 Å². The van der Waals surface area contributed by atoms with Crippen LogP contribution in [0.15, 0.2) is 48.5 Å². The number of nitrogens with zero attached hydrogens (tertiary/aromatic N) is 2. The first kappa shape index (κ1) is 16.5. The van der Waals surface area contributed by atoms with Gasteiger partial charge in [0.05, 0.1) is 18.3 Å². The number of ether oxygens (including phenoxy) is 1. The molecule has 0 spiro atoms. The van der Waals surface area contributed by atoms with Crippen LogP contribution < -0.4 is 10.2 Å². The first-order valence-corrected chi connectivity index (χ1v) is 8.97. The van der Waals surface area contributed by atoms with Crippen molar-refractivity contribution in [2.75, 3.05) is 30.4 Å². The molecule has 0 radical (unpaired) electrons. The van der Waals surface area contributed by atoms with Crippen LogP contribution >= 0.6 is 0 Å². The van der Waals surface area contributed by atoms with E-state index in [-0.39, 0.29) is 5.97 Å². The second-order valence-electron chi connectivity index (χ2n) is 6.66. The summed E-state index contributed by atoms with van der Waals surface area (Å²) in [4.78, 5) is 14.8. The molecule has 1 fully saturated rings. The quantitative estimate of drug-likeness (QED) is 0.713. The van der Waals surface area contributed by atoms with Gasteiger partial charge in [-0.15, -0.1) is 0 Å². The Hall–Kier alpha value is -2.95. The lowest BCUT2D eigenvalue weighted by molar-refractivity contribution is 0.0591. The molecular formula is C21H23N3O2. The molecule has 0 atom stereocenters. The van der Waals surface area contributed by atoms with E-state index in [0.29, 0.717) is 5.69 Å². The number of carbonyl (C=O) groups excluding carboxylic acids is 1. The summed E-state index contributed by atoms with van der Waals surface area (Å²) in [5, 5.41) is 4.47. The van der Waals surface area contributed by atoms with Gasteiger partial charge in [0, 0.05) is 36.9 Å². The number of fused-ring (bicyclic) bond motifs is 1. The molecule has 3 aromatic rings. The summed E-state index contributed by atoms with van der Waals surface area (Å²) < 4.78 is 6.90. The van der Waals surface area contributed by atoms with Crippen molar-refractivity contribution in [3.63, 3.8) is 0 Å². The molecule has 5 heteroatoms. The first-order chi connectivity index (χ1) is 12.7. The molecule has 0 bridgehead atoms. The number of benzene rings is 2. The molecule has 1 N–H and O–H groups in total. The highest BCUT2D eigenvalue weighted by molar-refractivity contribution is 6.08. The molecule has 1 aromatic heterocycles. The molecule has 0 amide bonds. The fourth-order valence-corrected chi connectivity index (χ4v) is 3.76. The smallest absolute Gasteiger partial charge is 0.356 e. The van der Waals surface area contributed by atoms with Crippen LogP contribution in [0.2, 0.25) is 0 Å². The average Bonchev–Trinajstić information content (AvgIpc) is 3.30. The fourth-order valence-electron chi connectivity index (χ4n) is 3.76. The number of methoxy groups -OCH3 is 1. The number of aryl methyl sites for hydroxylation is 1. The van der Waals surface area contributed by atoms with Gasteiger partial charge in [-0.3, -0.25) is 0 Å². The van der Waals surface area contributed by atoms with Crippen LogP contribution in [0.25, 0.3) is 10.9 Å². The second-order valence-corrected chi connectivity index (χ2v) is 6.66. The monoisotopic (exact) mass is 349 g/mol. The maximum Gasteiger partial charge on any atom is 0.356 e. The van der Waals surface area contributed by atoms with Gasteiger partial charge in [-0.1, -0.05) is 24.3 Å². The lowest BCUT2D eigenvalue weighted by Gasteiger charge is -2.19. The zero-order valence-corrected chi connectivity index (χ0v) is 15.2. The third-order valence-corrected chi connectivity index (χ3v) is 5.07. The minimum Gasteiger partial charge on any atom is -0.464 e. The Bertz CT molecular complexity index is 955. The first-order valence-electron chi connectivity index (χ1n) is 8.97. The predicted molar refractivity (Wildman–Crippen MR) is 105 cm³/mol. The Morgan fingerprint density at radius 1 is 1.08 bits per heavy atom. The van der Waals surface area contributed by atoms with Gasteiger partial charge < -0.3 is 19.5 Å². The van der Waals surface area contributed by atoms with Crippen molar-refractivity contribution in [2.45, 2.75) is 12.8 Å². The fraction of sp³-hybridized carbons (Fsp3) is 0.286. The van der Waals surface area contributed by atoms with Crippen LogP contribution in [0, 0.1) is 0 Å². The van der Waals surface area contributed by atoms with Crippen LogP contribution in [0.1, 0.15) is 23.3 Å². The van der Waals surface area contributed by atoms with Gasteiger partial charge in [-0.2, -0.15) is 0 Å². The van der Waals surface area contributed by atoms with E-state index in [1.165, 1.54) is 25.6 Å². The number of esters is 1. The molecule has 0 unspecified atom stereocenters. The van der Waals surface area contributed by atoms with Gasteiger partial charge in [0.1, 0.15) is 0 Å². The Morgan fingerprint density at radius 3 is 2.62 bits per heavy atom. The summed E-state index contributed by atoms with van der Waals surface area (Å²) in [6.45, 7) is 2.20. The van der Waals surface area contributed by atoms with E-state index < -0.39 is 0 Å². The minimum atomic E-state index is -0.345. The van der Waals surface area contributed by atoms with Crippen LogP contribution in [0.4, 0.5) is 17.1 Å². The number of aromatic nitrogens is 1. The van der Waals surface area contributed by atoms with E-state index in [4.69, 9.17) is 4.74 Å². The number of para-hydroxylation sites is 1. The molecule has 134 valence electrons. The highest BCUT2D eigenvalue weighted by Gasteiger charge is 2.22. The molecule has 5 nitrogen and oxygen atoms in total. The maximum absolute atomic E-state index is 12.4. The van der Waals surface area contributed by atoms with E-state index in [1.54, 1.807) is 0 Å². The van der Waals surface area contributed by atoms with Gasteiger partial charge in [0.15, 0.2) is 5.69 Å². The van der Waals surface area contributed by atoms with Crippen molar-refractivity contribution in [3.05, 3.63) is 54.2 Å². The summed E-state index contributed by atoms with van der Waals surface area (Å²) in [6, 6.07) is 16.4. The molecular weight excluding hydrogens is 326 g/mol. The van der Waals surface area contributed by atoms with Crippen molar-refractivity contribution in [2.24, 2.45) is 7.05 Å². The number of hydrogen-bond acceptors (Lipinski definition) is 4. The Morgan fingerprint density at radius 2 is 1.85 bits per heavy atom. The van der Waals surface area contributed by atoms with Gasteiger partial charge >= 0.3 is 5.97 Å². The summed E-state index contributed by atoms with van der Waals surface area (Å²) in [5.41, 5.74) is 4.49. The van der Waals surface area contributed by atoms with Crippen molar-refractivity contribution >= 4 is 33.9 Å². The molecule has 0 aliphatic carbocycles. The van der Waals surface area contributed by atoms with Crippen LogP contribution in [-0.2, 0) is 11.8 Å². The molecule has 1 saturated heterocycles. The molecule has 1 aliphatic rings. The lowest BCUT2D eigenvalue weighted by atomic mass is 10.2. The minimum absolute atomic E-state index is 0.345. The number of carbonyl (C=O) groups is 1. The Kier molecular flexibility index (Phi) is 4.29. The number of anilines is 3. The molecule has 2 heterocycles. The number of rotatable bonds is 4. The Labute approximate surface area is 153 Å². The highest BCUT2D eigenvalue weighted by Crippen LogP contribution is 2.34. The summed E-state index contributed by atoms with van der Waals surface area (Å²) in [7, 11) is 3.30. The van der Waals surface area contributed by atoms with Crippen LogP contribution in [-0.4, -0.2) is 30.7 Å². The van der Waals surface area contributed by atoms with Crippen molar-refractivity contribution in [1.29, 1.82) is 0 Å². The SMILES string of the molecule is COC(=O)c1c(Nc2cccc(N3CCCC3)c2)c2ccccc2n1C. The van der Waals surface area contributed by atoms with Gasteiger partial charge in [0.2, 0.25) is 0 Å². The molecule has 1 aliphatic heterocycles. The van der Waals surface area contributed by atoms with E-state index in [1.807, 2.05) is 41.9 Å². The number of nitrogens with one attached hydrogen (secondary N) is 1. The van der Waals surface area contributed by atoms with Crippen molar-refractivity contribution in [3.8, 4) is 0 Å². The largest absolute Gasteiger partial charge is 0.464 e. The van der Waals surface area contributed by atoms with Crippen molar-refractivity contribution in [1.82, 2.24) is 4.57 Å². The van der Waals surface area contributed by atoms with Crippen LogP contribution in [0.3, 0.4) is 0 Å². The van der Waals surface area contributed by atoms with Crippen LogP contribution in [0.5, 0.6) is 0 Å². The lowest BCUT2D eigenvalue weighted by Crippen LogP contribution is -2.17. The molecule has 0 saturated carbocycles. The summed E-state index contributed by atoms with van der Waals surface area (Å²) >= 11 is 0. The predicted octanol–water partition coefficient (Wildman–Crippen LogP) is 4.31. The third-order valence-electron chi connectivity index (χ3n) is 5.07. The standard InChI is InChI=1S/C21H23N3O2/c1-23-18-11-4-3-10-17(18)19(20(23)21(25)26-2)22-15-8-7-9-16(14-15)24-12-5-6-13-24/h3-4,7-11,14,22H,5-6,12-13H2,1-2H3. The van der Waals surface area contributed by atoms with E-state index in [0.717, 1.165) is 35.4 Å². The van der Waals surface area contributed by atoms with Gasteiger partial charge in [-0.05, 0) is 37.1 Å². The molecule has 26 heavy (non-hydrogen) atoms. The van der Waals surface area contributed by atoms with Gasteiger partial charge in [0.25, 0.3) is 0 Å². The third kappa shape index (κ3) is 2.79. The molecule has 2 aromatic carbocycles. The summed E-state index contributed by atoms with van der Waals surface area (Å²) in [6.07, 6.45) is 2.49. The summed E-state index contributed by atoms with van der Waals surface area (Å²) in [5.74, 6) is -0.345. The van der Waals surface area contributed by atoms with E-state index >= 15 is 0 Å². The normalized spacial score (nSPS) is 14.0. The topological polar surface area (TPSA) is 46.5 Å². The maximum atomic E-state index is 12.4. The van der Waals surface area contributed by atoms with Gasteiger partial charge in [-0.25, -0.2) is 4.79 Å². The molecule has 4 rings (SSSR count). The highest BCUT2D eigenvalue weighted by atomic mass is 16.5.